The molecule has 0 nitrogen and oxygen atoms in total. The highest BCUT2D eigenvalue weighted by Crippen LogP contribution is 2.44. The summed E-state index contributed by atoms with van der Waals surface area (Å²) in [4.78, 5) is 0. The van der Waals surface area contributed by atoms with Crippen molar-refractivity contribution in [3.05, 3.63) is 312 Å². The minimum atomic E-state index is 1.17. The van der Waals surface area contributed by atoms with Gasteiger partial charge in [-0.05, 0) is 134 Å². The minimum absolute atomic E-state index is 1.17. The van der Waals surface area contributed by atoms with Crippen molar-refractivity contribution < 1.29 is 0 Å². The van der Waals surface area contributed by atoms with E-state index in [1.165, 1.54) is 121 Å². The smallest absolute Gasteiger partial charge is 0.00987 e. The molecule has 0 amide bonds. The van der Waals surface area contributed by atoms with Gasteiger partial charge in [0.15, 0.2) is 0 Å². The van der Waals surface area contributed by atoms with Gasteiger partial charge in [-0.2, -0.15) is 0 Å². The van der Waals surface area contributed by atoms with Crippen LogP contribution in [0.3, 0.4) is 0 Å². The second-order valence-electron chi connectivity index (χ2n) is 17.9. The maximum atomic E-state index is 2.34. The lowest BCUT2D eigenvalue weighted by Crippen LogP contribution is -1.91. The van der Waals surface area contributed by atoms with Crippen LogP contribution < -0.4 is 0 Å². The normalized spacial score (nSPS) is 11.1. The van der Waals surface area contributed by atoms with Crippen LogP contribution in [-0.4, -0.2) is 0 Å². The molecule has 0 N–H and O–H groups in total. The van der Waals surface area contributed by atoms with E-state index in [1.807, 2.05) is 0 Å². The Morgan fingerprint density at radius 1 is 0.186 bits per heavy atom. The van der Waals surface area contributed by atoms with Gasteiger partial charge in [0.2, 0.25) is 0 Å². The van der Waals surface area contributed by atoms with Crippen molar-refractivity contribution in [3.63, 3.8) is 0 Å². The van der Waals surface area contributed by atoms with Gasteiger partial charge in [-0.1, -0.05) is 279 Å². The van der Waals surface area contributed by atoms with E-state index in [-0.39, 0.29) is 0 Å². The first-order valence-electron chi connectivity index (χ1n) is 24.2. The Kier molecular flexibility index (Phi) is 11.4. The van der Waals surface area contributed by atoms with Crippen molar-refractivity contribution in [3.8, 4) is 44.5 Å². The monoisotopic (exact) mass is 888 g/mol. The number of fused-ring (bicyclic) bond motifs is 3. The molecule has 0 unspecified atom stereocenters. The molecule has 0 bridgehead atoms. The molecule has 0 spiro atoms. The van der Waals surface area contributed by atoms with E-state index in [0.29, 0.717) is 0 Å². The van der Waals surface area contributed by atoms with Crippen LogP contribution in [0.5, 0.6) is 0 Å². The maximum Gasteiger partial charge on any atom is -0.00987 e. The molecule has 0 saturated heterocycles. The summed E-state index contributed by atoms with van der Waals surface area (Å²) in [5, 5.41) is 7.44. The van der Waals surface area contributed by atoms with Crippen molar-refractivity contribution >= 4 is 55.6 Å². The van der Waals surface area contributed by atoms with Crippen molar-refractivity contribution in [1.29, 1.82) is 0 Å². The lowest BCUT2D eigenvalue weighted by atomic mass is 9.86. The summed E-state index contributed by atoms with van der Waals surface area (Å²) < 4.78 is 0. The Bertz CT molecular complexity index is 3520. The van der Waals surface area contributed by atoms with E-state index >= 15 is 0 Å². The lowest BCUT2D eigenvalue weighted by molar-refractivity contribution is 1.55. The highest BCUT2D eigenvalue weighted by Gasteiger charge is 2.17. The molecular weight excluding hydrogens is 841 g/mol. The van der Waals surface area contributed by atoms with Gasteiger partial charge in [-0.25, -0.2) is 0 Å². The van der Waals surface area contributed by atoms with Gasteiger partial charge >= 0.3 is 0 Å². The fourth-order valence-corrected chi connectivity index (χ4v) is 10.3. The summed E-state index contributed by atoms with van der Waals surface area (Å²) in [6.45, 7) is 0. The highest BCUT2D eigenvalue weighted by molar-refractivity contribution is 6.15. The second kappa shape index (κ2) is 18.9. The molecule has 0 aliphatic carbocycles. The maximum absolute atomic E-state index is 2.34. The van der Waals surface area contributed by atoms with Gasteiger partial charge in [0.25, 0.3) is 0 Å². The summed E-state index contributed by atoms with van der Waals surface area (Å²) in [6, 6.07) is 101. The lowest BCUT2D eigenvalue weighted by Gasteiger charge is -2.17. The van der Waals surface area contributed by atoms with Gasteiger partial charge in [-0.3, -0.25) is 0 Å². The van der Waals surface area contributed by atoms with Gasteiger partial charge in [0.1, 0.15) is 0 Å². The summed E-state index contributed by atoms with van der Waals surface area (Å²) in [7, 11) is 0. The number of hydrogen-bond donors (Lipinski definition) is 0. The first-order chi connectivity index (χ1) is 34.7. The number of hydrogen-bond acceptors (Lipinski definition) is 0. The Labute approximate surface area is 410 Å². The molecule has 0 fully saturated rings. The quantitative estimate of drug-likeness (QED) is 0.120. The molecule has 328 valence electrons. The molecule has 12 rings (SSSR count). The van der Waals surface area contributed by atoms with Gasteiger partial charge in [-0.15, -0.1) is 0 Å². The van der Waals surface area contributed by atoms with Crippen LogP contribution in [0.25, 0.3) is 100 Å². The topological polar surface area (TPSA) is 0 Å². The van der Waals surface area contributed by atoms with Crippen LogP contribution in [0.2, 0.25) is 0 Å². The van der Waals surface area contributed by atoms with Gasteiger partial charge in [0.05, 0.1) is 0 Å². The zero-order chi connectivity index (χ0) is 46.6. The fraction of sp³-hybridized carbons (Fsp3) is 0. The first kappa shape index (κ1) is 42.3. The molecule has 0 heterocycles. The van der Waals surface area contributed by atoms with Crippen LogP contribution in [0, 0.1) is 0 Å². The molecule has 0 heteroatoms. The summed E-state index contributed by atoms with van der Waals surface area (Å²) in [5.74, 6) is 0. The van der Waals surface area contributed by atoms with Crippen LogP contribution in [0.1, 0.15) is 33.4 Å². The van der Waals surface area contributed by atoms with Crippen LogP contribution in [0.4, 0.5) is 0 Å². The average molecular weight is 889 g/mol. The fourth-order valence-electron chi connectivity index (χ4n) is 10.3. The van der Waals surface area contributed by atoms with E-state index < -0.39 is 0 Å². The Balaban J connectivity index is 0.886. The average Bonchev–Trinajstić information content (AvgIpc) is 3.44. The largest absolute Gasteiger partial charge is 0.0622 e. The number of rotatable bonds is 10. The van der Waals surface area contributed by atoms with E-state index in [0.717, 1.165) is 0 Å². The molecule has 0 radical (unpaired) electrons. The van der Waals surface area contributed by atoms with Gasteiger partial charge < -0.3 is 0 Å². The van der Waals surface area contributed by atoms with Crippen molar-refractivity contribution in [2.75, 3.05) is 0 Å². The van der Waals surface area contributed by atoms with Crippen molar-refractivity contribution in [1.82, 2.24) is 0 Å². The molecular formula is C70H48. The first-order valence-corrected chi connectivity index (χ1v) is 24.2. The Morgan fingerprint density at radius 2 is 0.400 bits per heavy atom. The van der Waals surface area contributed by atoms with E-state index in [4.69, 9.17) is 0 Å². The molecule has 12 aromatic carbocycles. The van der Waals surface area contributed by atoms with Crippen LogP contribution >= 0.6 is 0 Å². The third-order valence-corrected chi connectivity index (χ3v) is 13.8. The zero-order valence-corrected chi connectivity index (χ0v) is 38.7. The molecule has 0 aliphatic rings. The van der Waals surface area contributed by atoms with Crippen LogP contribution in [0.15, 0.2) is 279 Å². The predicted octanol–water partition coefficient (Wildman–Crippen LogP) is 19.0. The van der Waals surface area contributed by atoms with Crippen molar-refractivity contribution in [2.45, 2.75) is 0 Å². The molecule has 0 aliphatic heterocycles. The molecule has 0 aromatic heterocycles. The van der Waals surface area contributed by atoms with E-state index in [9.17, 15) is 0 Å². The van der Waals surface area contributed by atoms with Crippen LogP contribution in [-0.2, 0) is 0 Å². The predicted molar refractivity (Wildman–Crippen MR) is 300 cm³/mol. The Morgan fingerprint density at radius 3 is 0.657 bits per heavy atom. The zero-order valence-electron chi connectivity index (χ0n) is 38.7. The molecule has 70 heavy (non-hydrogen) atoms. The SMILES string of the molecule is C(=C(c1ccccc1)c1ccccc1)c1ccc(-c2ccc(-c3ccc(-c4ccc(-c5ccc(C=C(c6ccccc6)c6ccccc6)cc5)c5ccccc45)c4ccccc34)c3ccccc23)cc1. The third-order valence-electron chi connectivity index (χ3n) is 13.8. The number of benzene rings is 12. The minimum Gasteiger partial charge on any atom is -0.0622 e. The Hall–Kier alpha value is -9.10. The molecule has 0 atom stereocenters. The van der Waals surface area contributed by atoms with E-state index in [1.54, 1.807) is 0 Å². The standard InChI is InChI=1S/C70H48/c1-5-19-51(20-6-1)69(52-21-7-2-8-22-52)47-49-33-37-55(38-34-49)57-41-43-65(61-29-15-13-27-59(57)61)67-45-46-68(64-32-18-17-31-63(64)67)66-44-42-58(60-28-14-16-30-62(60)66)56-39-35-50(36-40-56)48-70(53-23-9-3-10-24-53)54-25-11-4-12-26-54/h1-48H. The summed E-state index contributed by atoms with van der Waals surface area (Å²) in [5.41, 5.74) is 19.3. The van der Waals surface area contributed by atoms with E-state index in [2.05, 4.69) is 291 Å². The third kappa shape index (κ3) is 8.23. The van der Waals surface area contributed by atoms with Gasteiger partial charge in [0, 0.05) is 0 Å². The highest BCUT2D eigenvalue weighted by atomic mass is 14.2. The molecule has 12 aromatic rings. The van der Waals surface area contributed by atoms with Crippen molar-refractivity contribution in [2.24, 2.45) is 0 Å². The second-order valence-corrected chi connectivity index (χ2v) is 17.9. The molecule has 0 saturated carbocycles. The summed E-state index contributed by atoms with van der Waals surface area (Å²) in [6.07, 6.45) is 4.60. The summed E-state index contributed by atoms with van der Waals surface area (Å²) >= 11 is 0.